The topological polar surface area (TPSA) is 82.7 Å². The second kappa shape index (κ2) is 7.57. The average molecular weight is 324 g/mol. The van der Waals surface area contributed by atoms with Crippen LogP contribution in [-0.4, -0.2) is 23.0 Å². The Morgan fingerprint density at radius 3 is 2.46 bits per heavy atom. The summed E-state index contributed by atoms with van der Waals surface area (Å²) in [5.74, 6) is 0.426. The highest BCUT2D eigenvalue weighted by Crippen LogP contribution is 2.23. The van der Waals surface area contributed by atoms with E-state index in [1.807, 2.05) is 62.4 Å². The molecule has 5 nitrogen and oxygen atoms in total. The molecule has 124 valence electrons. The van der Waals surface area contributed by atoms with Gasteiger partial charge in [-0.1, -0.05) is 36.4 Å². The van der Waals surface area contributed by atoms with E-state index in [1.165, 1.54) is 0 Å². The van der Waals surface area contributed by atoms with Crippen LogP contribution < -0.4 is 10.1 Å². The zero-order valence-electron chi connectivity index (χ0n) is 13.7. The third kappa shape index (κ3) is 3.70. The lowest BCUT2D eigenvalue weighted by Crippen LogP contribution is -2.21. The first-order valence-electron chi connectivity index (χ1n) is 7.48. The van der Waals surface area contributed by atoms with Crippen LogP contribution in [0.3, 0.4) is 0 Å². The highest BCUT2D eigenvalue weighted by atomic mass is 16.5. The van der Waals surface area contributed by atoms with Gasteiger partial charge in [0, 0.05) is 17.3 Å². The maximum absolute atomic E-state index is 12.2. The van der Waals surface area contributed by atoms with Crippen LogP contribution in [0.25, 0.3) is 10.9 Å². The average Bonchev–Trinajstić information content (AvgIpc) is 2.56. The minimum atomic E-state index is -0.185. The molecule has 1 heterocycles. The number of ether oxygens (including phenoxy) is 1. The molecule has 0 radical (unpaired) electrons. The normalized spacial score (nSPS) is 10.1. The van der Waals surface area contributed by atoms with Crippen LogP contribution in [0.5, 0.6) is 5.75 Å². The molecule has 0 aliphatic heterocycles. The zero-order valence-corrected chi connectivity index (χ0v) is 13.7. The number of carbonyl (C=O) groups excluding carboxylic acids is 1. The fraction of sp³-hybridized carbons (Fsp3) is 0.158. The predicted molar refractivity (Wildman–Crippen MR) is 95.4 cm³/mol. The van der Waals surface area contributed by atoms with Crippen LogP contribution in [0, 0.1) is 13.8 Å². The van der Waals surface area contributed by atoms with E-state index >= 15 is 0 Å². The van der Waals surface area contributed by atoms with Gasteiger partial charge in [-0.2, -0.15) is 0 Å². The van der Waals surface area contributed by atoms with Gasteiger partial charge in [0.25, 0.3) is 5.91 Å². The van der Waals surface area contributed by atoms with Crippen molar-refractivity contribution in [2.45, 2.75) is 13.8 Å². The Hall–Kier alpha value is -2.92. The molecule has 0 fully saturated rings. The second-order valence-corrected chi connectivity index (χ2v) is 5.43. The lowest BCUT2D eigenvalue weighted by molar-refractivity contribution is -0.118. The number of hydrogen-bond donors (Lipinski definition) is 1. The van der Waals surface area contributed by atoms with Crippen LogP contribution in [0.2, 0.25) is 0 Å². The number of rotatable bonds is 4. The summed E-state index contributed by atoms with van der Waals surface area (Å²) in [6.07, 6.45) is 1.71. The molecule has 24 heavy (non-hydrogen) atoms. The zero-order chi connectivity index (χ0) is 16.2. The fourth-order valence-electron chi connectivity index (χ4n) is 2.52. The van der Waals surface area contributed by atoms with Crippen molar-refractivity contribution in [3.05, 3.63) is 65.9 Å². The molecular formula is C19H20N2O3. The number of amides is 1. The molecule has 2 aromatic carbocycles. The van der Waals surface area contributed by atoms with Crippen molar-refractivity contribution in [1.29, 1.82) is 0 Å². The Balaban J connectivity index is 0.00000208. The number of aromatic nitrogens is 1. The van der Waals surface area contributed by atoms with Crippen molar-refractivity contribution in [3.63, 3.8) is 0 Å². The van der Waals surface area contributed by atoms with Gasteiger partial charge in [0.2, 0.25) is 0 Å². The van der Waals surface area contributed by atoms with Crippen molar-refractivity contribution in [1.82, 2.24) is 4.98 Å². The number of benzene rings is 2. The van der Waals surface area contributed by atoms with E-state index in [4.69, 9.17) is 4.74 Å². The van der Waals surface area contributed by atoms with E-state index < -0.39 is 0 Å². The first-order valence-corrected chi connectivity index (χ1v) is 7.48. The van der Waals surface area contributed by atoms with Gasteiger partial charge in [0.15, 0.2) is 6.61 Å². The summed E-state index contributed by atoms with van der Waals surface area (Å²) in [6, 6.07) is 15.4. The molecule has 0 spiro atoms. The number of para-hydroxylation sites is 2. The van der Waals surface area contributed by atoms with Gasteiger partial charge < -0.3 is 15.5 Å². The summed E-state index contributed by atoms with van der Waals surface area (Å²) >= 11 is 0. The molecule has 3 rings (SSSR count). The van der Waals surface area contributed by atoms with E-state index in [2.05, 4.69) is 10.3 Å². The molecule has 0 aliphatic rings. The van der Waals surface area contributed by atoms with Crippen molar-refractivity contribution >= 4 is 22.5 Å². The largest absolute Gasteiger partial charge is 0.481 e. The van der Waals surface area contributed by atoms with E-state index in [0.717, 1.165) is 27.7 Å². The van der Waals surface area contributed by atoms with Gasteiger partial charge in [-0.3, -0.25) is 9.78 Å². The highest BCUT2D eigenvalue weighted by Gasteiger charge is 2.09. The number of hydrogen-bond acceptors (Lipinski definition) is 3. The number of fused-ring (bicyclic) bond motifs is 1. The number of nitrogens with zero attached hydrogens (tertiary/aromatic N) is 1. The molecule has 0 saturated heterocycles. The number of anilines is 1. The van der Waals surface area contributed by atoms with Gasteiger partial charge >= 0.3 is 0 Å². The smallest absolute Gasteiger partial charge is 0.262 e. The molecule has 3 N–H and O–H groups in total. The minimum absolute atomic E-state index is 0. The summed E-state index contributed by atoms with van der Waals surface area (Å²) in [5, 5.41) is 3.90. The molecular weight excluding hydrogens is 304 g/mol. The monoisotopic (exact) mass is 324 g/mol. The van der Waals surface area contributed by atoms with E-state index in [-0.39, 0.29) is 18.0 Å². The van der Waals surface area contributed by atoms with Crippen molar-refractivity contribution in [2.75, 3.05) is 11.9 Å². The lowest BCUT2D eigenvalue weighted by Gasteiger charge is -2.12. The summed E-state index contributed by atoms with van der Waals surface area (Å²) in [6.45, 7) is 3.89. The Morgan fingerprint density at radius 1 is 1.04 bits per heavy atom. The van der Waals surface area contributed by atoms with Crippen molar-refractivity contribution in [3.8, 4) is 5.75 Å². The SMILES string of the molecule is Cc1cccc(C)c1NC(=O)COc1cccc2cccnc12.O. The minimum Gasteiger partial charge on any atom is -0.481 e. The van der Waals surface area contributed by atoms with Gasteiger partial charge in [-0.25, -0.2) is 0 Å². The maximum Gasteiger partial charge on any atom is 0.262 e. The Morgan fingerprint density at radius 2 is 1.71 bits per heavy atom. The molecule has 5 heteroatoms. The summed E-state index contributed by atoms with van der Waals surface area (Å²) < 4.78 is 5.66. The van der Waals surface area contributed by atoms with Gasteiger partial charge in [0.1, 0.15) is 11.3 Å². The van der Waals surface area contributed by atoms with E-state index in [1.54, 1.807) is 6.20 Å². The first-order chi connectivity index (χ1) is 11.1. The lowest BCUT2D eigenvalue weighted by atomic mass is 10.1. The van der Waals surface area contributed by atoms with Crippen LogP contribution >= 0.6 is 0 Å². The third-order valence-electron chi connectivity index (χ3n) is 3.70. The summed E-state index contributed by atoms with van der Waals surface area (Å²) in [4.78, 5) is 16.5. The van der Waals surface area contributed by atoms with Gasteiger partial charge in [-0.05, 0) is 37.1 Å². The van der Waals surface area contributed by atoms with Crippen molar-refractivity contribution < 1.29 is 15.0 Å². The van der Waals surface area contributed by atoms with E-state index in [0.29, 0.717) is 5.75 Å². The fourth-order valence-corrected chi connectivity index (χ4v) is 2.52. The summed E-state index contributed by atoms with van der Waals surface area (Å²) in [7, 11) is 0. The van der Waals surface area contributed by atoms with Gasteiger partial charge in [-0.15, -0.1) is 0 Å². The molecule has 0 bridgehead atoms. The Labute approximate surface area is 140 Å². The Bertz CT molecular complexity index is 837. The second-order valence-electron chi connectivity index (χ2n) is 5.43. The van der Waals surface area contributed by atoms with Crippen LogP contribution in [0.4, 0.5) is 5.69 Å². The molecule has 3 aromatic rings. The van der Waals surface area contributed by atoms with Crippen LogP contribution in [0.15, 0.2) is 54.7 Å². The number of carbonyl (C=O) groups is 1. The number of pyridine rings is 1. The predicted octanol–water partition coefficient (Wildman–Crippen LogP) is 3.04. The standard InChI is InChI=1S/C19H18N2O2.H2O/c1-13-6-3-7-14(2)18(13)21-17(22)12-23-16-10-4-8-15-9-5-11-20-19(15)16;/h3-11H,12H2,1-2H3,(H,21,22);1H2. The molecule has 0 unspecified atom stereocenters. The quantitative estimate of drug-likeness (QED) is 0.800. The molecule has 0 saturated carbocycles. The first kappa shape index (κ1) is 17.4. The third-order valence-corrected chi connectivity index (χ3v) is 3.70. The van der Waals surface area contributed by atoms with Crippen LogP contribution in [0.1, 0.15) is 11.1 Å². The van der Waals surface area contributed by atoms with Gasteiger partial charge in [0.05, 0.1) is 0 Å². The molecule has 0 atom stereocenters. The number of aryl methyl sites for hydroxylation is 2. The summed E-state index contributed by atoms with van der Waals surface area (Å²) in [5.41, 5.74) is 3.67. The Kier molecular flexibility index (Phi) is 5.50. The molecule has 1 aromatic heterocycles. The van der Waals surface area contributed by atoms with Crippen molar-refractivity contribution in [2.24, 2.45) is 0 Å². The maximum atomic E-state index is 12.2. The molecule has 1 amide bonds. The van der Waals surface area contributed by atoms with E-state index in [9.17, 15) is 4.79 Å². The van der Waals surface area contributed by atoms with Crippen LogP contribution in [-0.2, 0) is 4.79 Å². The number of nitrogens with one attached hydrogen (secondary N) is 1. The molecule has 0 aliphatic carbocycles. The highest BCUT2D eigenvalue weighted by molar-refractivity contribution is 5.93.